The minimum Gasteiger partial charge on any atom is -0.497 e. The van der Waals surface area contributed by atoms with Gasteiger partial charge in [0.05, 0.1) is 18.9 Å². The number of hydrogen-bond acceptors (Lipinski definition) is 5. The third-order valence-electron chi connectivity index (χ3n) is 5.64. The zero-order valence-corrected chi connectivity index (χ0v) is 18.4. The predicted molar refractivity (Wildman–Crippen MR) is 119 cm³/mol. The minimum atomic E-state index is -4.15. The lowest BCUT2D eigenvalue weighted by atomic mass is 9.91. The van der Waals surface area contributed by atoms with Crippen LogP contribution >= 0.6 is 0 Å². The Labute approximate surface area is 181 Å². The van der Waals surface area contributed by atoms with E-state index in [-0.39, 0.29) is 12.2 Å². The maximum atomic E-state index is 12.9. The highest BCUT2D eigenvalue weighted by molar-refractivity contribution is 7.90. The van der Waals surface area contributed by atoms with E-state index in [0.717, 1.165) is 0 Å². The van der Waals surface area contributed by atoms with Gasteiger partial charge in [-0.2, -0.15) is 0 Å². The number of aryl methyl sites for hydroxylation is 1. The van der Waals surface area contributed by atoms with E-state index in [1.165, 1.54) is 6.92 Å². The molecule has 4 N–H and O–H groups in total. The number of hydrogen-bond donors (Lipinski definition) is 3. The summed E-state index contributed by atoms with van der Waals surface area (Å²) in [4.78, 5) is 15.9. The van der Waals surface area contributed by atoms with Gasteiger partial charge in [0.25, 0.3) is 0 Å². The molecule has 2 atom stereocenters. The number of carbonyl (C=O) groups excluding carboxylic acids is 1. The Morgan fingerprint density at radius 3 is 2.32 bits per heavy atom. The number of carbonyl (C=O) groups is 1. The van der Waals surface area contributed by atoms with Crippen LogP contribution in [0.2, 0.25) is 0 Å². The summed E-state index contributed by atoms with van der Waals surface area (Å²) in [5, 5.41) is 16.5. The number of nitrogens with one attached hydrogen (secondary N) is 1. The molecule has 3 aromatic rings. The summed E-state index contributed by atoms with van der Waals surface area (Å²) in [7, 11) is -2.60. The quantitative estimate of drug-likeness (QED) is 0.463. The summed E-state index contributed by atoms with van der Waals surface area (Å²) in [6.07, 6.45) is -1.37. The number of primary sulfonamides is 1. The van der Waals surface area contributed by atoms with E-state index in [0.29, 0.717) is 33.8 Å². The molecule has 0 spiro atoms. The Hall–Kier alpha value is -2.94. The summed E-state index contributed by atoms with van der Waals surface area (Å²) in [6.45, 7) is 3.18. The molecule has 0 amide bonds. The van der Waals surface area contributed by atoms with E-state index >= 15 is 0 Å². The average molecular weight is 443 g/mol. The second-order valence-electron chi connectivity index (χ2n) is 7.65. The number of ether oxygens (including phenoxy) is 1. The lowest BCUT2D eigenvalue weighted by Crippen LogP contribution is -2.48. The van der Waals surface area contributed by atoms with Gasteiger partial charge in [-0.1, -0.05) is 30.3 Å². The van der Waals surface area contributed by atoms with Crippen molar-refractivity contribution in [3.63, 3.8) is 0 Å². The number of aliphatic hydroxyl groups is 1. The van der Waals surface area contributed by atoms with Crippen molar-refractivity contribution in [2.75, 3.05) is 7.11 Å². The van der Waals surface area contributed by atoms with Crippen molar-refractivity contribution in [1.29, 1.82) is 0 Å². The lowest BCUT2D eigenvalue weighted by molar-refractivity contribution is 0.103. The van der Waals surface area contributed by atoms with Gasteiger partial charge in [-0.05, 0) is 55.3 Å². The number of sulfonamides is 1. The number of aliphatic hydroxyl groups excluding tert-OH is 1. The first-order chi connectivity index (χ1) is 14.6. The molecule has 0 aliphatic heterocycles. The number of methoxy groups -OCH3 is 1. The fraction of sp³-hybridized carbons (Fsp3) is 0.261. The van der Waals surface area contributed by atoms with Gasteiger partial charge >= 0.3 is 0 Å². The zero-order valence-electron chi connectivity index (χ0n) is 17.6. The Kier molecular flexibility index (Phi) is 6.35. The number of nitrogens with two attached hydrogens (primary N) is 1. The fourth-order valence-corrected chi connectivity index (χ4v) is 4.51. The molecule has 8 heteroatoms. The number of aromatic nitrogens is 1. The standard InChI is InChI=1S/C23H26N2O5S/c1-15-13-18(25-21(15)22(27)16-9-11-19(30-3)12-10-16)14-20(26)23(2,31(24,28)29)17-7-5-4-6-8-17/h4-13,20,25-26H,14H2,1-3H3,(H2,24,28,29). The van der Waals surface area contributed by atoms with Gasteiger partial charge in [-0.25, -0.2) is 13.6 Å². The molecule has 164 valence electrons. The molecule has 0 aliphatic rings. The van der Waals surface area contributed by atoms with Crippen LogP contribution in [0.4, 0.5) is 0 Å². The second kappa shape index (κ2) is 8.66. The number of benzene rings is 2. The smallest absolute Gasteiger partial charge is 0.221 e. The molecule has 0 fully saturated rings. The van der Waals surface area contributed by atoms with Crippen LogP contribution in [-0.4, -0.2) is 37.5 Å². The summed E-state index contributed by atoms with van der Waals surface area (Å²) in [5.74, 6) is 0.435. The van der Waals surface area contributed by atoms with Gasteiger partial charge in [0.2, 0.25) is 15.8 Å². The number of H-pyrrole nitrogens is 1. The maximum Gasteiger partial charge on any atom is 0.221 e. The molecule has 31 heavy (non-hydrogen) atoms. The molecule has 0 saturated carbocycles. The van der Waals surface area contributed by atoms with Crippen molar-refractivity contribution >= 4 is 15.8 Å². The second-order valence-corrected chi connectivity index (χ2v) is 9.59. The molecule has 0 radical (unpaired) electrons. The molecule has 7 nitrogen and oxygen atoms in total. The topological polar surface area (TPSA) is 122 Å². The highest BCUT2D eigenvalue weighted by Gasteiger charge is 2.45. The summed E-state index contributed by atoms with van der Waals surface area (Å²) in [5.41, 5.74) is 2.48. The molecule has 0 aliphatic carbocycles. The first-order valence-corrected chi connectivity index (χ1v) is 11.3. The Balaban J connectivity index is 1.90. The highest BCUT2D eigenvalue weighted by atomic mass is 32.2. The normalized spacial score (nSPS) is 14.6. The first kappa shape index (κ1) is 22.7. The molecular formula is C23H26N2O5S. The van der Waals surface area contributed by atoms with E-state index in [9.17, 15) is 18.3 Å². The van der Waals surface area contributed by atoms with Gasteiger partial charge in [-0.3, -0.25) is 4.79 Å². The maximum absolute atomic E-state index is 12.9. The summed E-state index contributed by atoms with van der Waals surface area (Å²) >= 11 is 0. The molecule has 2 unspecified atom stereocenters. The molecule has 2 aromatic carbocycles. The molecule has 3 rings (SSSR count). The SMILES string of the molecule is COc1ccc(C(=O)c2[nH]c(CC(O)C(C)(c3ccccc3)S(N)(=O)=O)cc2C)cc1. The Morgan fingerprint density at radius 1 is 1.16 bits per heavy atom. The summed E-state index contributed by atoms with van der Waals surface area (Å²) in [6, 6.07) is 16.8. The van der Waals surface area contributed by atoms with Gasteiger partial charge in [0, 0.05) is 17.7 Å². The van der Waals surface area contributed by atoms with Crippen molar-refractivity contribution in [1.82, 2.24) is 4.98 Å². The van der Waals surface area contributed by atoms with E-state index in [1.807, 2.05) is 0 Å². The van der Waals surface area contributed by atoms with Crippen LogP contribution in [0.1, 0.15) is 39.8 Å². The van der Waals surface area contributed by atoms with Crippen molar-refractivity contribution < 1.29 is 23.1 Å². The van der Waals surface area contributed by atoms with E-state index in [2.05, 4.69) is 4.98 Å². The fourth-order valence-electron chi connectivity index (χ4n) is 3.58. The Morgan fingerprint density at radius 2 is 1.77 bits per heavy atom. The minimum absolute atomic E-state index is 0.0292. The van der Waals surface area contributed by atoms with E-state index in [4.69, 9.17) is 9.88 Å². The number of rotatable bonds is 8. The molecular weight excluding hydrogens is 416 g/mol. The van der Waals surface area contributed by atoms with Crippen molar-refractivity contribution in [3.05, 3.63) is 88.7 Å². The molecule has 1 heterocycles. The van der Waals surface area contributed by atoms with Crippen LogP contribution in [0.5, 0.6) is 5.75 Å². The Bertz CT molecular complexity index is 1170. The number of ketones is 1. The van der Waals surface area contributed by atoms with Crippen molar-refractivity contribution in [2.45, 2.75) is 31.1 Å². The van der Waals surface area contributed by atoms with Gasteiger partial charge in [0.1, 0.15) is 10.5 Å². The van der Waals surface area contributed by atoms with Gasteiger partial charge in [0.15, 0.2) is 0 Å². The van der Waals surface area contributed by atoms with Crippen LogP contribution < -0.4 is 9.88 Å². The largest absolute Gasteiger partial charge is 0.497 e. The van der Waals surface area contributed by atoms with Crippen LogP contribution in [0.15, 0.2) is 60.7 Å². The van der Waals surface area contributed by atoms with Gasteiger partial charge in [-0.15, -0.1) is 0 Å². The average Bonchev–Trinajstić information content (AvgIpc) is 3.12. The third-order valence-corrected chi connectivity index (χ3v) is 7.33. The van der Waals surface area contributed by atoms with E-state index < -0.39 is 20.9 Å². The van der Waals surface area contributed by atoms with Gasteiger partial charge < -0.3 is 14.8 Å². The van der Waals surface area contributed by atoms with Crippen molar-refractivity contribution in [3.8, 4) is 5.75 Å². The summed E-state index contributed by atoms with van der Waals surface area (Å²) < 4.78 is 28.3. The first-order valence-electron chi connectivity index (χ1n) is 9.71. The van der Waals surface area contributed by atoms with Crippen LogP contribution in [0, 0.1) is 6.92 Å². The van der Waals surface area contributed by atoms with Crippen LogP contribution in [-0.2, 0) is 21.2 Å². The highest BCUT2D eigenvalue weighted by Crippen LogP contribution is 2.34. The van der Waals surface area contributed by atoms with Crippen molar-refractivity contribution in [2.24, 2.45) is 5.14 Å². The number of aromatic amines is 1. The van der Waals surface area contributed by atoms with Crippen LogP contribution in [0.3, 0.4) is 0 Å². The van der Waals surface area contributed by atoms with E-state index in [1.54, 1.807) is 74.7 Å². The third kappa shape index (κ3) is 4.41. The predicted octanol–water partition coefficient (Wildman–Crippen LogP) is 2.67. The van der Waals surface area contributed by atoms with Crippen LogP contribution in [0.25, 0.3) is 0 Å². The molecule has 1 aromatic heterocycles. The lowest BCUT2D eigenvalue weighted by Gasteiger charge is -2.32. The molecule has 0 bridgehead atoms. The monoisotopic (exact) mass is 442 g/mol. The zero-order chi connectivity index (χ0) is 22.8. The molecule has 0 saturated heterocycles.